The molecule has 0 radical (unpaired) electrons. The second kappa shape index (κ2) is 21.8. The molecule has 0 fully saturated rings. The fourth-order valence-corrected chi connectivity index (χ4v) is 8.63. The van der Waals surface area contributed by atoms with Crippen LogP contribution >= 0.6 is 22.7 Å². The first-order valence-corrected chi connectivity index (χ1v) is 23.5. The Hall–Kier alpha value is -5.87. The molecule has 2 aromatic heterocycles. The van der Waals surface area contributed by atoms with Crippen LogP contribution in [-0.2, 0) is 16.5 Å². The number of rotatable bonds is 4. The summed E-state index contributed by atoms with van der Waals surface area (Å²) in [6, 6.07) is 45.2. The number of pyridine rings is 2. The van der Waals surface area contributed by atoms with E-state index in [2.05, 4.69) is 80.4 Å². The van der Waals surface area contributed by atoms with Crippen LogP contribution in [0.25, 0.3) is 63.4 Å². The fraction of sp³-hybridized carbons (Fsp3) is 0.0870. The smallest absolute Gasteiger partial charge is 0.378 e. The molecule has 0 bridgehead atoms. The Balaban J connectivity index is 0.000000182. The molecule has 0 amide bonds. The number of para-hydroxylation sites is 2. The first-order chi connectivity index (χ1) is 31.4. The van der Waals surface area contributed by atoms with Crippen LogP contribution in [0, 0.1) is 20.5 Å². The molecule has 2 aliphatic heterocycles. The van der Waals surface area contributed by atoms with Gasteiger partial charge in [-0.3, -0.25) is 9.97 Å². The number of fused-ring (bicyclic) bond motifs is 8. The van der Waals surface area contributed by atoms with Gasteiger partial charge in [0.05, 0.1) is 63.3 Å². The van der Waals surface area contributed by atoms with Crippen LogP contribution in [0.5, 0.6) is 0 Å². The van der Waals surface area contributed by atoms with Crippen LogP contribution in [0.15, 0.2) is 156 Å². The zero-order valence-corrected chi connectivity index (χ0v) is 39.7. The van der Waals surface area contributed by atoms with Crippen molar-refractivity contribution in [2.24, 2.45) is 9.98 Å². The molecule has 6 aromatic rings. The third-order valence-corrected chi connectivity index (χ3v) is 11.7. The molecule has 0 unspecified atom stereocenters. The van der Waals surface area contributed by atoms with Crippen molar-refractivity contribution in [1.29, 1.82) is 0 Å². The standard InChI is InChI=1S/2C23H18N4S.2ClHO4.Ni/c2*1-27(2)16-11-9-15(10-12-16)25-19-14-21-23(22-17(19)6-5-13-24-22)26-18-7-3-4-8-20(18)28-21;2*2-1(3,4)5;/h2*3-14H,1-2H3;2*(H,2,3,4,5);/q;;;;+2/p-2. The molecule has 0 spiro atoms. The minimum absolute atomic E-state index is 0. The van der Waals surface area contributed by atoms with Gasteiger partial charge in [-0.25, -0.2) is 57.2 Å². The van der Waals surface area contributed by atoms with Crippen LogP contribution in [-0.4, -0.2) is 48.1 Å². The Labute approximate surface area is 405 Å². The normalized spacial score (nSPS) is 11.9. The molecule has 21 heteroatoms. The van der Waals surface area contributed by atoms with E-state index in [0.717, 1.165) is 96.8 Å². The molecular formula is C46H36Cl2N8NiO8S2. The summed E-state index contributed by atoms with van der Waals surface area (Å²) in [5, 5.41) is 3.87. The number of benzene rings is 6. The average Bonchev–Trinajstić information content (AvgIpc) is 3.27. The molecule has 16 nitrogen and oxygen atoms in total. The van der Waals surface area contributed by atoms with Crippen molar-refractivity contribution in [2.75, 3.05) is 38.0 Å². The van der Waals surface area contributed by atoms with E-state index >= 15 is 0 Å². The summed E-state index contributed by atoms with van der Waals surface area (Å²) in [7, 11) is -1.75. The number of hydrogen-bond acceptors (Lipinski definition) is 18. The van der Waals surface area contributed by atoms with Gasteiger partial charge in [0.2, 0.25) is 0 Å². The Morgan fingerprint density at radius 1 is 0.463 bits per heavy atom. The number of halogens is 2. The second-order valence-corrected chi connectivity index (χ2v) is 18.1. The van der Waals surface area contributed by atoms with Crippen molar-refractivity contribution in [3.8, 4) is 21.1 Å². The largest absolute Gasteiger partial charge is 2.00 e. The topological polar surface area (TPSA) is 267 Å². The summed E-state index contributed by atoms with van der Waals surface area (Å²) in [4.78, 5) is 35.2. The third-order valence-electron chi connectivity index (χ3n) is 9.48. The van der Waals surface area contributed by atoms with Crippen molar-refractivity contribution in [3.63, 3.8) is 0 Å². The maximum absolute atomic E-state index is 8.49. The van der Waals surface area contributed by atoms with E-state index in [1.807, 2.05) is 113 Å². The SMILES string of the molecule is CN(C)c1ccc(N=c2cc3sc4ccccc4nc-3c3ncccc23)cc1.CN(C)c1ccc(N=c2cc3sc4ccccc4nc-3c3ncccc23)cc1.[Ni+2].[O-][Cl+3]([O-])([O-])[O-].[O-][Cl+3]([O-])([O-])[O-]. The summed E-state index contributed by atoms with van der Waals surface area (Å²) in [6.45, 7) is 0. The number of aromatic nitrogens is 4. The molecule has 67 heavy (non-hydrogen) atoms. The van der Waals surface area contributed by atoms with Crippen LogP contribution in [0.2, 0.25) is 0 Å². The van der Waals surface area contributed by atoms with E-state index in [0.29, 0.717) is 0 Å². The second-order valence-electron chi connectivity index (χ2n) is 14.4. The van der Waals surface area contributed by atoms with E-state index < -0.39 is 20.5 Å². The van der Waals surface area contributed by atoms with Crippen LogP contribution < -0.4 is 57.8 Å². The number of anilines is 2. The van der Waals surface area contributed by atoms with Crippen molar-refractivity contribution >= 4 is 87.7 Å². The van der Waals surface area contributed by atoms with Crippen LogP contribution in [0.4, 0.5) is 22.7 Å². The van der Waals surface area contributed by atoms with E-state index in [1.54, 1.807) is 22.7 Å². The van der Waals surface area contributed by atoms with Gasteiger partial charge in [-0.05, 0) is 109 Å². The minimum Gasteiger partial charge on any atom is -0.378 e. The minimum atomic E-state index is -4.94. The Morgan fingerprint density at radius 3 is 1.15 bits per heavy atom. The van der Waals surface area contributed by atoms with E-state index in [9.17, 15) is 0 Å². The van der Waals surface area contributed by atoms with Gasteiger partial charge in [0.25, 0.3) is 0 Å². The molecule has 0 saturated heterocycles. The molecule has 0 saturated carbocycles. The molecule has 4 heterocycles. The van der Waals surface area contributed by atoms with Gasteiger partial charge < -0.3 is 9.80 Å². The molecule has 4 aromatic carbocycles. The third kappa shape index (κ3) is 13.6. The average molecular weight is 1020 g/mol. The molecule has 344 valence electrons. The Kier molecular flexibility index (Phi) is 16.5. The maximum atomic E-state index is 8.49. The molecule has 0 N–H and O–H groups in total. The van der Waals surface area contributed by atoms with Crippen molar-refractivity contribution in [3.05, 3.63) is 157 Å². The Bertz CT molecular complexity index is 3120. The van der Waals surface area contributed by atoms with Gasteiger partial charge in [-0.2, -0.15) is 0 Å². The summed E-state index contributed by atoms with van der Waals surface area (Å²) >= 11 is 3.46. The molecular weight excluding hydrogens is 986 g/mol. The number of hydrogen-bond donors (Lipinski definition) is 0. The summed E-state index contributed by atoms with van der Waals surface area (Å²) in [6.07, 6.45) is 3.64. The maximum Gasteiger partial charge on any atom is 2.00 e. The zero-order chi connectivity index (χ0) is 47.2. The van der Waals surface area contributed by atoms with Gasteiger partial charge in [-0.1, -0.05) is 24.3 Å². The van der Waals surface area contributed by atoms with E-state index in [4.69, 9.17) is 57.2 Å². The molecule has 4 aliphatic rings. The first kappa shape index (κ1) is 50.5. The van der Waals surface area contributed by atoms with Gasteiger partial charge in [0.15, 0.2) is 0 Å². The van der Waals surface area contributed by atoms with Gasteiger partial charge in [-0.15, -0.1) is 43.2 Å². The molecule has 2 aliphatic carbocycles. The summed E-state index contributed by atoms with van der Waals surface area (Å²) in [5.74, 6) is 0. The van der Waals surface area contributed by atoms with Crippen molar-refractivity contribution in [2.45, 2.75) is 0 Å². The van der Waals surface area contributed by atoms with Crippen LogP contribution in [0.1, 0.15) is 0 Å². The van der Waals surface area contributed by atoms with E-state index in [1.165, 1.54) is 0 Å². The zero-order valence-electron chi connectivity index (χ0n) is 35.6. The predicted molar refractivity (Wildman–Crippen MR) is 235 cm³/mol. The molecule has 10 rings (SSSR count). The fourth-order valence-electron chi connectivity index (χ4n) is 6.61. The van der Waals surface area contributed by atoms with Crippen molar-refractivity contribution in [1.82, 2.24) is 19.9 Å². The predicted octanol–water partition coefficient (Wildman–Crippen LogP) is 0.981. The van der Waals surface area contributed by atoms with Crippen molar-refractivity contribution < 1.29 is 74.2 Å². The van der Waals surface area contributed by atoms with Gasteiger partial charge in [0.1, 0.15) is 11.4 Å². The molecule has 0 atom stereocenters. The number of nitrogens with zero attached hydrogens (tertiary/aromatic N) is 8. The van der Waals surface area contributed by atoms with Crippen LogP contribution in [0.3, 0.4) is 0 Å². The van der Waals surface area contributed by atoms with Gasteiger partial charge >= 0.3 is 16.5 Å². The summed E-state index contributed by atoms with van der Waals surface area (Å²) in [5.41, 5.74) is 9.80. The van der Waals surface area contributed by atoms with E-state index in [-0.39, 0.29) is 16.5 Å². The quantitative estimate of drug-likeness (QED) is 0.135. The van der Waals surface area contributed by atoms with Gasteiger partial charge in [0, 0.05) is 62.7 Å². The Morgan fingerprint density at radius 2 is 0.806 bits per heavy atom. The monoisotopic (exact) mass is 1020 g/mol. The summed E-state index contributed by atoms with van der Waals surface area (Å²) < 4.78 is 70.3. The first-order valence-electron chi connectivity index (χ1n) is 19.4.